The topological polar surface area (TPSA) is 8.17 Å². The van der Waals surface area contributed by atoms with Crippen molar-refractivity contribution in [3.8, 4) is 5.69 Å². The van der Waals surface area contributed by atoms with Crippen LogP contribution in [0.4, 0.5) is 5.69 Å². The van der Waals surface area contributed by atoms with Gasteiger partial charge in [-0.05, 0) is 98.2 Å². The van der Waals surface area contributed by atoms with Crippen LogP contribution in [0.2, 0.25) is 0 Å². The zero-order valence-corrected chi connectivity index (χ0v) is 25.2. The Labute approximate surface area is 246 Å². The summed E-state index contributed by atoms with van der Waals surface area (Å²) in [6.07, 6.45) is 13.4. The van der Waals surface area contributed by atoms with Crippen molar-refractivity contribution in [3.63, 3.8) is 0 Å². The standard InChI is InChI=1S/C39H42N2/c1-7-30-18-16-17-23-35(30)28(4)38(9-3)40(6)34-24-25-39-37(27-34)36(26-31(8-2)32-19-12-10-13-20-32)29(5)41(39)33-21-14-11-15-22-33/h9-15,17,19-27H,4,7-8,16,18H2,1-3,5-6H3/b31-26+,38-9+. The Morgan fingerprint density at radius 3 is 2.34 bits per heavy atom. The van der Waals surface area contributed by atoms with Crippen molar-refractivity contribution < 1.29 is 0 Å². The molecule has 1 aromatic heterocycles. The molecule has 2 nitrogen and oxygen atoms in total. The van der Waals surface area contributed by atoms with Gasteiger partial charge in [-0.2, -0.15) is 0 Å². The zero-order valence-electron chi connectivity index (χ0n) is 25.2. The summed E-state index contributed by atoms with van der Waals surface area (Å²) in [6.45, 7) is 13.4. The van der Waals surface area contributed by atoms with Crippen molar-refractivity contribution in [1.82, 2.24) is 4.57 Å². The molecular formula is C39H42N2. The lowest BCUT2D eigenvalue weighted by atomic mass is 9.89. The lowest BCUT2D eigenvalue weighted by Gasteiger charge is -2.27. The van der Waals surface area contributed by atoms with Crippen LogP contribution in [0.25, 0.3) is 28.2 Å². The number of fused-ring (bicyclic) bond motifs is 1. The van der Waals surface area contributed by atoms with Gasteiger partial charge in [0.25, 0.3) is 0 Å². The van der Waals surface area contributed by atoms with Crippen LogP contribution < -0.4 is 4.90 Å². The van der Waals surface area contributed by atoms with Gasteiger partial charge in [-0.1, -0.05) is 92.8 Å². The van der Waals surface area contributed by atoms with Crippen molar-refractivity contribution in [3.05, 3.63) is 143 Å². The number of benzene rings is 3. The number of anilines is 1. The largest absolute Gasteiger partial charge is 0.344 e. The molecule has 4 aromatic rings. The summed E-state index contributed by atoms with van der Waals surface area (Å²) < 4.78 is 2.39. The van der Waals surface area contributed by atoms with Crippen molar-refractivity contribution in [1.29, 1.82) is 0 Å². The van der Waals surface area contributed by atoms with E-state index in [1.165, 1.54) is 50.1 Å². The molecule has 0 saturated heterocycles. The van der Waals surface area contributed by atoms with Gasteiger partial charge in [0, 0.05) is 40.8 Å². The van der Waals surface area contributed by atoms with E-state index in [-0.39, 0.29) is 0 Å². The molecule has 3 aromatic carbocycles. The smallest absolute Gasteiger partial charge is 0.0539 e. The predicted octanol–water partition coefficient (Wildman–Crippen LogP) is 10.8. The average molecular weight is 539 g/mol. The molecule has 0 aliphatic heterocycles. The van der Waals surface area contributed by atoms with Crippen LogP contribution in [0.5, 0.6) is 0 Å². The maximum absolute atomic E-state index is 4.58. The second-order valence-corrected chi connectivity index (χ2v) is 10.8. The van der Waals surface area contributed by atoms with Gasteiger partial charge in [-0.15, -0.1) is 0 Å². The molecule has 0 spiro atoms. The van der Waals surface area contributed by atoms with E-state index in [9.17, 15) is 0 Å². The zero-order chi connectivity index (χ0) is 28.9. The number of aromatic nitrogens is 1. The lowest BCUT2D eigenvalue weighted by molar-refractivity contribution is 0.877. The van der Waals surface area contributed by atoms with E-state index in [0.717, 1.165) is 42.6 Å². The fourth-order valence-electron chi connectivity index (χ4n) is 6.19. The molecule has 41 heavy (non-hydrogen) atoms. The maximum atomic E-state index is 4.58. The van der Waals surface area contributed by atoms with Gasteiger partial charge in [0.2, 0.25) is 0 Å². The monoisotopic (exact) mass is 538 g/mol. The Bertz CT molecular complexity index is 1670. The normalized spacial score (nSPS) is 14.2. The molecule has 0 N–H and O–H groups in total. The molecule has 0 saturated carbocycles. The molecule has 1 aliphatic rings. The second kappa shape index (κ2) is 12.5. The van der Waals surface area contributed by atoms with Crippen molar-refractivity contribution in [2.24, 2.45) is 0 Å². The number of allylic oxidation sites excluding steroid dienone is 6. The van der Waals surface area contributed by atoms with Gasteiger partial charge in [-0.3, -0.25) is 0 Å². The predicted molar refractivity (Wildman–Crippen MR) is 180 cm³/mol. The number of nitrogens with zero attached hydrogens (tertiary/aromatic N) is 2. The molecule has 0 fully saturated rings. The Morgan fingerprint density at radius 2 is 1.68 bits per heavy atom. The van der Waals surface area contributed by atoms with Crippen molar-refractivity contribution >= 4 is 28.2 Å². The third-order valence-electron chi connectivity index (χ3n) is 8.46. The van der Waals surface area contributed by atoms with E-state index in [1.54, 1.807) is 0 Å². The number of hydrogen-bond donors (Lipinski definition) is 0. The van der Waals surface area contributed by atoms with E-state index in [4.69, 9.17) is 0 Å². The number of para-hydroxylation sites is 1. The SMILES string of the molecule is C=C(C1=C(CC)CCC=C1)/C(=C\C)N(C)c1ccc2c(c1)c(/C=C(\CC)c1ccccc1)c(C)n2-c1ccccc1. The molecule has 208 valence electrons. The van der Waals surface area contributed by atoms with E-state index in [0.29, 0.717) is 0 Å². The minimum absolute atomic E-state index is 0.964. The molecule has 1 aliphatic carbocycles. The van der Waals surface area contributed by atoms with E-state index in [1.807, 2.05) is 0 Å². The molecule has 0 radical (unpaired) electrons. The summed E-state index contributed by atoms with van der Waals surface area (Å²) in [5.74, 6) is 0. The van der Waals surface area contributed by atoms with Crippen molar-refractivity contribution in [2.45, 2.75) is 53.4 Å². The van der Waals surface area contributed by atoms with Crippen LogP contribution in [0.15, 0.2) is 126 Å². The van der Waals surface area contributed by atoms with Crippen LogP contribution >= 0.6 is 0 Å². The summed E-state index contributed by atoms with van der Waals surface area (Å²) >= 11 is 0. The number of hydrogen-bond acceptors (Lipinski definition) is 1. The first-order valence-corrected chi connectivity index (χ1v) is 14.9. The van der Waals surface area contributed by atoms with Crippen LogP contribution in [0, 0.1) is 6.92 Å². The summed E-state index contributed by atoms with van der Waals surface area (Å²) in [5, 5.41) is 1.25. The molecule has 0 atom stereocenters. The second-order valence-electron chi connectivity index (χ2n) is 10.8. The lowest BCUT2D eigenvalue weighted by Crippen LogP contribution is -2.19. The molecular weight excluding hydrogens is 496 g/mol. The van der Waals surface area contributed by atoms with Crippen LogP contribution in [0.3, 0.4) is 0 Å². The highest BCUT2D eigenvalue weighted by atomic mass is 15.1. The molecule has 0 unspecified atom stereocenters. The fraction of sp³-hybridized carbons (Fsp3) is 0.231. The highest BCUT2D eigenvalue weighted by Crippen LogP contribution is 2.37. The van der Waals surface area contributed by atoms with Gasteiger partial charge in [0.15, 0.2) is 0 Å². The summed E-state index contributed by atoms with van der Waals surface area (Å²) in [5.41, 5.74) is 13.7. The quantitative estimate of drug-likeness (QED) is 0.192. The summed E-state index contributed by atoms with van der Waals surface area (Å²) in [6, 6.07) is 28.3. The molecule has 5 rings (SSSR count). The van der Waals surface area contributed by atoms with Crippen LogP contribution in [-0.4, -0.2) is 11.6 Å². The van der Waals surface area contributed by atoms with Gasteiger partial charge < -0.3 is 9.47 Å². The van der Waals surface area contributed by atoms with Crippen LogP contribution in [0.1, 0.15) is 63.3 Å². The summed E-state index contributed by atoms with van der Waals surface area (Å²) in [4.78, 5) is 2.30. The molecule has 1 heterocycles. The maximum Gasteiger partial charge on any atom is 0.0539 e. The molecule has 0 bridgehead atoms. The highest BCUT2D eigenvalue weighted by Gasteiger charge is 2.20. The van der Waals surface area contributed by atoms with E-state index in [2.05, 4.69) is 154 Å². The molecule has 2 heteroatoms. The average Bonchev–Trinajstić information content (AvgIpc) is 3.30. The first kappa shape index (κ1) is 28.2. The third-order valence-corrected chi connectivity index (χ3v) is 8.46. The minimum atomic E-state index is 0.964. The van der Waals surface area contributed by atoms with Gasteiger partial charge in [0.05, 0.1) is 5.52 Å². The Hall–Kier alpha value is -4.30. The van der Waals surface area contributed by atoms with E-state index < -0.39 is 0 Å². The number of rotatable bonds is 9. The Kier molecular flexibility index (Phi) is 8.59. The van der Waals surface area contributed by atoms with Gasteiger partial charge in [-0.25, -0.2) is 0 Å². The number of likely N-dealkylation sites (N-methyl/N-ethyl adjacent to an activating group) is 1. The third kappa shape index (κ3) is 5.52. The van der Waals surface area contributed by atoms with Crippen LogP contribution in [-0.2, 0) is 0 Å². The Balaban J connectivity index is 1.66. The minimum Gasteiger partial charge on any atom is -0.344 e. The van der Waals surface area contributed by atoms with Crippen molar-refractivity contribution in [2.75, 3.05) is 11.9 Å². The van der Waals surface area contributed by atoms with Gasteiger partial charge >= 0.3 is 0 Å². The first-order valence-electron chi connectivity index (χ1n) is 14.9. The van der Waals surface area contributed by atoms with E-state index >= 15 is 0 Å². The Morgan fingerprint density at radius 1 is 0.976 bits per heavy atom. The fourth-order valence-corrected chi connectivity index (χ4v) is 6.19. The van der Waals surface area contributed by atoms with Gasteiger partial charge in [0.1, 0.15) is 0 Å². The highest BCUT2D eigenvalue weighted by molar-refractivity contribution is 5.99. The summed E-state index contributed by atoms with van der Waals surface area (Å²) in [7, 11) is 2.17. The first-order chi connectivity index (χ1) is 20.0. The molecule has 0 amide bonds.